The molecule has 0 N–H and O–H groups in total. The molecule has 1 saturated carbocycles. The molecule has 0 atom stereocenters. The van der Waals surface area contributed by atoms with Gasteiger partial charge in [0.15, 0.2) is 5.82 Å². The van der Waals surface area contributed by atoms with Crippen LogP contribution in [-0.4, -0.2) is 33.1 Å². The van der Waals surface area contributed by atoms with Crippen molar-refractivity contribution in [2.75, 3.05) is 17.3 Å². The van der Waals surface area contributed by atoms with E-state index in [1.54, 1.807) is 23.9 Å². The molecule has 2 heterocycles. The molecule has 1 amide bonds. The van der Waals surface area contributed by atoms with Crippen molar-refractivity contribution in [1.29, 1.82) is 0 Å². The number of amides is 1. The molecule has 2 aromatic rings. The van der Waals surface area contributed by atoms with Crippen molar-refractivity contribution >= 4 is 29.3 Å². The highest BCUT2D eigenvalue weighted by molar-refractivity contribution is 7.99. The summed E-state index contributed by atoms with van der Waals surface area (Å²) >= 11 is 7.62. The minimum atomic E-state index is 0.115. The molecular weight excluding hydrogens is 372 g/mol. The zero-order chi connectivity index (χ0) is 17.9. The second kappa shape index (κ2) is 7.88. The molecule has 8 heteroatoms. The number of carbonyl (C=O) groups excluding carboxylic acids is 1. The fourth-order valence-electron chi connectivity index (χ4n) is 3.52. The van der Waals surface area contributed by atoms with E-state index in [1.165, 1.54) is 6.42 Å². The maximum Gasteiger partial charge on any atom is 0.244 e. The predicted molar refractivity (Wildman–Crippen MR) is 101 cm³/mol. The SMILES string of the molecule is O=C(C1CCCCC1)N1CCSc2nnc(COc3cccc(Cl)c3)n21. The van der Waals surface area contributed by atoms with Gasteiger partial charge in [0.25, 0.3) is 0 Å². The van der Waals surface area contributed by atoms with Crippen molar-refractivity contribution in [3.63, 3.8) is 0 Å². The topological polar surface area (TPSA) is 60.3 Å². The third kappa shape index (κ3) is 3.69. The van der Waals surface area contributed by atoms with E-state index in [-0.39, 0.29) is 18.4 Å². The molecule has 4 rings (SSSR count). The summed E-state index contributed by atoms with van der Waals surface area (Å²) in [5.41, 5.74) is 0. The highest BCUT2D eigenvalue weighted by Gasteiger charge is 2.32. The minimum Gasteiger partial charge on any atom is -0.485 e. The van der Waals surface area contributed by atoms with Gasteiger partial charge in [-0.05, 0) is 31.0 Å². The first-order chi connectivity index (χ1) is 12.7. The van der Waals surface area contributed by atoms with Crippen LogP contribution in [0.4, 0.5) is 0 Å². The fourth-order valence-corrected chi connectivity index (χ4v) is 4.57. The second-order valence-corrected chi connectivity index (χ2v) is 8.10. The summed E-state index contributed by atoms with van der Waals surface area (Å²) in [5.74, 6) is 2.45. The lowest BCUT2D eigenvalue weighted by Gasteiger charge is -2.33. The van der Waals surface area contributed by atoms with E-state index in [1.807, 2.05) is 21.8 Å². The summed E-state index contributed by atoms with van der Waals surface area (Å²) in [4.78, 5) is 13.1. The average molecular weight is 393 g/mol. The summed E-state index contributed by atoms with van der Waals surface area (Å²) < 4.78 is 7.66. The molecular formula is C18H21ClN4O2S. The quantitative estimate of drug-likeness (QED) is 0.794. The summed E-state index contributed by atoms with van der Waals surface area (Å²) in [6, 6.07) is 7.24. The minimum absolute atomic E-state index is 0.115. The predicted octanol–water partition coefficient (Wildman–Crippen LogP) is 3.66. The number of hydrogen-bond donors (Lipinski definition) is 0. The standard InChI is InChI=1S/C18H21ClN4O2S/c19-14-7-4-8-15(11-14)25-12-16-20-21-18-23(16)22(9-10-26-18)17(24)13-5-2-1-3-6-13/h4,7-8,11,13H,1-3,5-6,9-10,12H2. The average Bonchev–Trinajstić information content (AvgIpc) is 3.10. The third-order valence-electron chi connectivity index (χ3n) is 4.83. The Labute approximate surface area is 161 Å². The van der Waals surface area contributed by atoms with Gasteiger partial charge in [0.2, 0.25) is 11.1 Å². The molecule has 1 aromatic heterocycles. The van der Waals surface area contributed by atoms with E-state index in [0.29, 0.717) is 23.1 Å². The summed E-state index contributed by atoms with van der Waals surface area (Å²) in [7, 11) is 0. The molecule has 1 aromatic carbocycles. The van der Waals surface area contributed by atoms with Crippen LogP contribution in [0.2, 0.25) is 5.02 Å². The van der Waals surface area contributed by atoms with E-state index < -0.39 is 0 Å². The molecule has 0 radical (unpaired) electrons. The first-order valence-electron chi connectivity index (χ1n) is 8.99. The zero-order valence-corrected chi connectivity index (χ0v) is 16.0. The van der Waals surface area contributed by atoms with Crippen LogP contribution in [0.1, 0.15) is 37.9 Å². The number of thioether (sulfide) groups is 1. The number of aromatic nitrogens is 3. The van der Waals surface area contributed by atoms with Crippen molar-refractivity contribution in [2.24, 2.45) is 5.92 Å². The molecule has 138 valence electrons. The number of fused-ring (bicyclic) bond motifs is 1. The zero-order valence-electron chi connectivity index (χ0n) is 14.4. The van der Waals surface area contributed by atoms with Gasteiger partial charge in [-0.1, -0.05) is 48.7 Å². The summed E-state index contributed by atoms with van der Waals surface area (Å²) in [6.07, 6.45) is 5.47. The summed E-state index contributed by atoms with van der Waals surface area (Å²) in [5, 5.41) is 11.7. The van der Waals surface area contributed by atoms with E-state index in [9.17, 15) is 4.79 Å². The molecule has 1 aliphatic carbocycles. The Hall–Kier alpha value is -1.73. The van der Waals surface area contributed by atoms with Gasteiger partial charge < -0.3 is 4.74 Å². The van der Waals surface area contributed by atoms with Crippen molar-refractivity contribution in [3.05, 3.63) is 35.1 Å². The Balaban J connectivity index is 1.53. The molecule has 1 fully saturated rings. The van der Waals surface area contributed by atoms with Crippen LogP contribution in [0.15, 0.2) is 29.4 Å². The number of halogens is 1. The van der Waals surface area contributed by atoms with Crippen LogP contribution < -0.4 is 9.75 Å². The van der Waals surface area contributed by atoms with Gasteiger partial charge in [0, 0.05) is 16.7 Å². The van der Waals surface area contributed by atoms with E-state index >= 15 is 0 Å². The number of nitrogens with zero attached hydrogens (tertiary/aromatic N) is 4. The van der Waals surface area contributed by atoms with Crippen molar-refractivity contribution in [1.82, 2.24) is 14.9 Å². The molecule has 0 unspecified atom stereocenters. The first-order valence-corrected chi connectivity index (χ1v) is 10.4. The number of ether oxygens (including phenoxy) is 1. The number of benzene rings is 1. The van der Waals surface area contributed by atoms with Crippen LogP contribution in [0.3, 0.4) is 0 Å². The molecule has 0 saturated heterocycles. The van der Waals surface area contributed by atoms with Gasteiger partial charge in [-0.2, -0.15) is 0 Å². The van der Waals surface area contributed by atoms with Gasteiger partial charge in [-0.25, -0.2) is 9.69 Å². The maximum atomic E-state index is 13.1. The van der Waals surface area contributed by atoms with Gasteiger partial charge in [-0.3, -0.25) is 4.79 Å². The highest BCUT2D eigenvalue weighted by Crippen LogP contribution is 2.29. The Bertz CT molecular complexity index is 791. The van der Waals surface area contributed by atoms with Crippen LogP contribution in [0.25, 0.3) is 0 Å². The molecule has 0 bridgehead atoms. The van der Waals surface area contributed by atoms with E-state index in [4.69, 9.17) is 16.3 Å². The molecule has 6 nitrogen and oxygen atoms in total. The largest absolute Gasteiger partial charge is 0.485 e. The Morgan fingerprint density at radius 3 is 2.92 bits per heavy atom. The van der Waals surface area contributed by atoms with Gasteiger partial charge in [0.05, 0.1) is 6.54 Å². The summed E-state index contributed by atoms with van der Waals surface area (Å²) in [6.45, 7) is 0.914. The van der Waals surface area contributed by atoms with Crippen LogP contribution in [0.5, 0.6) is 5.75 Å². The molecule has 0 spiro atoms. The van der Waals surface area contributed by atoms with Crippen LogP contribution in [0, 0.1) is 5.92 Å². The highest BCUT2D eigenvalue weighted by atomic mass is 35.5. The molecule has 26 heavy (non-hydrogen) atoms. The number of rotatable bonds is 4. The van der Waals surface area contributed by atoms with Crippen LogP contribution >= 0.6 is 23.4 Å². The van der Waals surface area contributed by atoms with Crippen molar-refractivity contribution < 1.29 is 9.53 Å². The number of carbonyl (C=O) groups is 1. The Kier molecular flexibility index (Phi) is 5.36. The smallest absolute Gasteiger partial charge is 0.244 e. The van der Waals surface area contributed by atoms with Gasteiger partial charge in [-0.15, -0.1) is 10.2 Å². The van der Waals surface area contributed by atoms with Gasteiger partial charge >= 0.3 is 0 Å². The van der Waals surface area contributed by atoms with Gasteiger partial charge in [0.1, 0.15) is 12.4 Å². The monoisotopic (exact) mass is 392 g/mol. The fraction of sp³-hybridized carbons (Fsp3) is 0.500. The van der Waals surface area contributed by atoms with Crippen LogP contribution in [-0.2, 0) is 11.4 Å². The lowest BCUT2D eigenvalue weighted by molar-refractivity contribution is -0.125. The number of hydrogen-bond acceptors (Lipinski definition) is 5. The lowest BCUT2D eigenvalue weighted by atomic mass is 9.88. The molecule has 1 aliphatic heterocycles. The second-order valence-electron chi connectivity index (χ2n) is 6.60. The lowest BCUT2D eigenvalue weighted by Crippen LogP contribution is -2.48. The molecule has 2 aliphatic rings. The first kappa shape index (κ1) is 17.7. The Morgan fingerprint density at radius 2 is 2.12 bits per heavy atom. The van der Waals surface area contributed by atoms with E-state index in [2.05, 4.69) is 10.2 Å². The maximum absolute atomic E-state index is 13.1. The van der Waals surface area contributed by atoms with Crippen molar-refractivity contribution in [2.45, 2.75) is 43.9 Å². The normalized spacial score (nSPS) is 17.8. The van der Waals surface area contributed by atoms with Crippen molar-refractivity contribution in [3.8, 4) is 5.75 Å². The third-order valence-corrected chi connectivity index (χ3v) is 5.96. The Morgan fingerprint density at radius 1 is 1.27 bits per heavy atom. The van der Waals surface area contributed by atoms with E-state index in [0.717, 1.165) is 36.6 Å².